The van der Waals surface area contributed by atoms with Crippen molar-refractivity contribution in [1.82, 2.24) is 0 Å². The Morgan fingerprint density at radius 1 is 1.21 bits per heavy atom. The lowest BCUT2D eigenvalue weighted by atomic mass is 9.67. The number of halogens is 2. The van der Waals surface area contributed by atoms with E-state index in [1.54, 1.807) is 19.2 Å². The van der Waals surface area contributed by atoms with Crippen LogP contribution in [0.2, 0.25) is 10.0 Å². The van der Waals surface area contributed by atoms with Crippen molar-refractivity contribution >= 4 is 40.7 Å². The first kappa shape index (κ1) is 22.0. The van der Waals surface area contributed by atoms with E-state index in [0.29, 0.717) is 40.8 Å². The number of Topliss-reactive ketones (excluding diaryl/α,β-unsaturated/α-hetero) is 1. The number of hydrogen-bond donors (Lipinski definition) is 0. The van der Waals surface area contributed by atoms with Crippen LogP contribution < -0.4 is 0 Å². The van der Waals surface area contributed by atoms with Crippen molar-refractivity contribution in [3.63, 3.8) is 0 Å². The lowest BCUT2D eigenvalue weighted by Crippen LogP contribution is -2.39. The number of ketones is 1. The summed E-state index contributed by atoms with van der Waals surface area (Å²) in [5.74, 6) is -1.62. The van der Waals surface area contributed by atoms with Crippen molar-refractivity contribution in [3.8, 4) is 0 Å². The molecule has 0 radical (unpaired) electrons. The van der Waals surface area contributed by atoms with E-state index in [0.717, 1.165) is 11.3 Å². The first-order chi connectivity index (χ1) is 13.6. The Labute approximate surface area is 181 Å². The highest BCUT2D eigenvalue weighted by molar-refractivity contribution is 6.42. The number of aliphatic imine (C=N–C) groups is 1. The van der Waals surface area contributed by atoms with Crippen LogP contribution in [0.3, 0.4) is 0 Å². The number of rotatable bonds is 5. The summed E-state index contributed by atoms with van der Waals surface area (Å²) in [5.41, 5.74) is 2.55. The molecule has 0 fully saturated rings. The molecule has 1 aliphatic heterocycles. The lowest BCUT2D eigenvalue weighted by Gasteiger charge is -2.39. The molecule has 0 saturated carbocycles. The third kappa shape index (κ3) is 4.57. The van der Waals surface area contributed by atoms with E-state index in [-0.39, 0.29) is 17.8 Å². The molecular formula is C22H25Cl2NO4. The smallest absolute Gasteiger partial charge is 0.315 e. The van der Waals surface area contributed by atoms with Crippen molar-refractivity contribution < 1.29 is 19.1 Å². The first-order valence-corrected chi connectivity index (χ1v) is 10.3. The second-order valence-electron chi connectivity index (χ2n) is 8.34. The molecule has 0 amide bonds. The minimum absolute atomic E-state index is 0.0123. The summed E-state index contributed by atoms with van der Waals surface area (Å²) in [6.07, 6.45) is 1.08. The highest BCUT2D eigenvalue weighted by atomic mass is 35.5. The van der Waals surface area contributed by atoms with Gasteiger partial charge < -0.3 is 9.47 Å². The number of esters is 1. The van der Waals surface area contributed by atoms with Gasteiger partial charge in [0.25, 0.3) is 0 Å². The average Bonchev–Trinajstić information content (AvgIpc) is 2.61. The predicted molar refractivity (Wildman–Crippen MR) is 114 cm³/mol. The fraction of sp³-hybridized carbons (Fsp3) is 0.500. The molecule has 29 heavy (non-hydrogen) atoms. The lowest BCUT2D eigenvalue weighted by molar-refractivity contribution is -0.147. The molecule has 1 aromatic rings. The molecule has 2 atom stereocenters. The molecule has 0 spiro atoms. The number of allylic oxidation sites excluding steroid dienone is 2. The maximum Gasteiger partial charge on any atom is 0.315 e. The van der Waals surface area contributed by atoms with E-state index in [9.17, 15) is 9.59 Å². The summed E-state index contributed by atoms with van der Waals surface area (Å²) >= 11 is 12.4. The van der Waals surface area contributed by atoms with E-state index in [4.69, 9.17) is 32.7 Å². The minimum Gasteiger partial charge on any atom is -0.463 e. The Morgan fingerprint density at radius 3 is 2.59 bits per heavy atom. The third-order valence-corrected chi connectivity index (χ3v) is 6.13. The largest absolute Gasteiger partial charge is 0.463 e. The van der Waals surface area contributed by atoms with Gasteiger partial charge in [-0.25, -0.2) is 0 Å². The zero-order chi connectivity index (χ0) is 21.3. The zero-order valence-corrected chi connectivity index (χ0v) is 18.6. The molecule has 0 N–H and O–H groups in total. The minimum atomic E-state index is -0.701. The normalized spacial score (nSPS) is 23.5. The number of hydrogen-bond acceptors (Lipinski definition) is 5. The quantitative estimate of drug-likeness (QED) is 0.480. The van der Waals surface area contributed by atoms with Crippen molar-refractivity contribution in [3.05, 3.63) is 45.1 Å². The molecule has 1 aromatic carbocycles. The molecule has 1 unspecified atom stereocenters. The summed E-state index contributed by atoms with van der Waals surface area (Å²) < 4.78 is 10.4. The van der Waals surface area contributed by atoms with Gasteiger partial charge in [-0.15, -0.1) is 0 Å². The number of methoxy groups -OCH3 is 1. The molecule has 0 bridgehead atoms. The van der Waals surface area contributed by atoms with Gasteiger partial charge in [-0.3, -0.25) is 14.6 Å². The second kappa shape index (κ2) is 8.58. The van der Waals surface area contributed by atoms with E-state index < -0.39 is 17.8 Å². The van der Waals surface area contributed by atoms with Crippen LogP contribution >= 0.6 is 23.2 Å². The average molecular weight is 438 g/mol. The number of benzene rings is 1. The van der Waals surface area contributed by atoms with Gasteiger partial charge in [0, 0.05) is 36.4 Å². The van der Waals surface area contributed by atoms with E-state index in [1.807, 2.05) is 13.0 Å². The van der Waals surface area contributed by atoms with Gasteiger partial charge in [0.1, 0.15) is 12.5 Å². The first-order valence-electron chi connectivity index (χ1n) is 9.56. The molecule has 2 aliphatic rings. The molecule has 0 aromatic heterocycles. The number of carbonyl (C=O) groups is 2. The zero-order valence-electron chi connectivity index (χ0n) is 17.1. The molecule has 7 heteroatoms. The van der Waals surface area contributed by atoms with Crippen LogP contribution in [0.1, 0.15) is 45.1 Å². The van der Waals surface area contributed by atoms with E-state index in [2.05, 4.69) is 18.8 Å². The third-order valence-electron chi connectivity index (χ3n) is 5.39. The van der Waals surface area contributed by atoms with E-state index in [1.165, 1.54) is 0 Å². The molecule has 3 rings (SSSR count). The SMILES string of the molecule is COCCOC(=O)C1C(C)=NC2=C(C(=O)CC(C)(C)C2)[C@@H]1c1ccc(Cl)c(Cl)c1. The molecule has 1 heterocycles. The molecule has 5 nitrogen and oxygen atoms in total. The van der Waals surface area contributed by atoms with Crippen LogP contribution in [-0.2, 0) is 19.1 Å². The maximum atomic E-state index is 13.2. The van der Waals surface area contributed by atoms with Gasteiger partial charge in [0.15, 0.2) is 5.78 Å². The van der Waals surface area contributed by atoms with Gasteiger partial charge >= 0.3 is 5.97 Å². The van der Waals surface area contributed by atoms with Crippen molar-refractivity contribution in [1.29, 1.82) is 0 Å². The van der Waals surface area contributed by atoms with Crippen LogP contribution in [0, 0.1) is 11.3 Å². The molecule has 0 saturated heterocycles. The fourth-order valence-corrected chi connectivity index (χ4v) is 4.44. The van der Waals surface area contributed by atoms with Crippen molar-refractivity contribution in [2.24, 2.45) is 16.3 Å². The Balaban J connectivity index is 2.10. The second-order valence-corrected chi connectivity index (χ2v) is 9.16. The van der Waals surface area contributed by atoms with Crippen LogP contribution in [0.4, 0.5) is 0 Å². The number of nitrogens with zero attached hydrogens (tertiary/aromatic N) is 1. The summed E-state index contributed by atoms with van der Waals surface area (Å²) in [6.45, 7) is 6.35. The molecular weight excluding hydrogens is 413 g/mol. The Hall–Kier alpha value is -1.69. The topological polar surface area (TPSA) is 65.0 Å². The van der Waals surface area contributed by atoms with Crippen LogP contribution in [-0.4, -0.2) is 37.8 Å². The highest BCUT2D eigenvalue weighted by Crippen LogP contribution is 2.48. The Morgan fingerprint density at radius 2 is 1.93 bits per heavy atom. The van der Waals surface area contributed by atoms with Crippen molar-refractivity contribution in [2.75, 3.05) is 20.3 Å². The maximum absolute atomic E-state index is 13.2. The van der Waals surface area contributed by atoms with E-state index >= 15 is 0 Å². The summed E-state index contributed by atoms with van der Waals surface area (Å²) in [7, 11) is 1.54. The fourth-order valence-electron chi connectivity index (χ4n) is 4.13. The number of carbonyl (C=O) groups excluding carboxylic acids is 2. The van der Waals surface area contributed by atoms with Gasteiger partial charge in [0.05, 0.1) is 16.7 Å². The van der Waals surface area contributed by atoms with Crippen LogP contribution in [0.15, 0.2) is 34.5 Å². The summed E-state index contributed by atoms with van der Waals surface area (Å²) in [5, 5.41) is 0.794. The van der Waals surface area contributed by atoms with Gasteiger partial charge in [-0.1, -0.05) is 43.1 Å². The van der Waals surface area contributed by atoms with Crippen LogP contribution in [0.25, 0.3) is 0 Å². The standard InChI is InChI=1S/C22H25Cl2NO4/c1-12-18(21(27)29-8-7-28-4)19(13-5-6-14(23)15(24)9-13)20-16(25-12)10-22(2,3)11-17(20)26/h5-6,9,18-19H,7-8,10-11H2,1-4H3/t18?,19-/m1/s1. The highest BCUT2D eigenvalue weighted by Gasteiger charge is 2.46. The Bertz CT molecular complexity index is 904. The molecule has 1 aliphatic carbocycles. The van der Waals surface area contributed by atoms with Gasteiger partial charge in [-0.2, -0.15) is 0 Å². The monoisotopic (exact) mass is 437 g/mol. The summed E-state index contributed by atoms with van der Waals surface area (Å²) in [4.78, 5) is 30.8. The molecule has 156 valence electrons. The summed E-state index contributed by atoms with van der Waals surface area (Å²) in [6, 6.07) is 5.22. The predicted octanol–water partition coefficient (Wildman–Crippen LogP) is 5.00. The van der Waals surface area contributed by atoms with Crippen LogP contribution in [0.5, 0.6) is 0 Å². The number of ether oxygens (including phenoxy) is 2. The van der Waals surface area contributed by atoms with Gasteiger partial charge in [-0.05, 0) is 36.5 Å². The van der Waals surface area contributed by atoms with Crippen molar-refractivity contribution in [2.45, 2.75) is 39.5 Å². The van der Waals surface area contributed by atoms with Gasteiger partial charge in [0.2, 0.25) is 0 Å². The Kier molecular flexibility index (Phi) is 6.51.